The summed E-state index contributed by atoms with van der Waals surface area (Å²) in [6.45, 7) is 9.98. The van der Waals surface area contributed by atoms with Crippen molar-refractivity contribution in [3.8, 4) is 0 Å². The number of piperazine rings is 1. The minimum Gasteiger partial charge on any atom is -0.335 e. The van der Waals surface area contributed by atoms with Crippen molar-refractivity contribution in [1.82, 2.24) is 24.8 Å². The van der Waals surface area contributed by atoms with Crippen LogP contribution in [0.25, 0.3) is 0 Å². The van der Waals surface area contributed by atoms with Crippen molar-refractivity contribution in [2.45, 2.75) is 20.4 Å². The molecule has 2 heterocycles. The highest BCUT2D eigenvalue weighted by atomic mass is 16.2. The molecule has 1 aromatic heterocycles. The molecular formula is C13H24N6O. The van der Waals surface area contributed by atoms with Crippen LogP contribution in [0, 0.1) is 5.92 Å². The fourth-order valence-electron chi connectivity index (χ4n) is 2.45. The van der Waals surface area contributed by atoms with Gasteiger partial charge in [0.1, 0.15) is 0 Å². The second-order valence-corrected chi connectivity index (χ2v) is 5.64. The van der Waals surface area contributed by atoms with Crippen LogP contribution >= 0.6 is 0 Å². The van der Waals surface area contributed by atoms with E-state index in [4.69, 9.17) is 5.73 Å². The number of carbonyl (C=O) groups excluding carboxylic acids is 1. The number of aromatic nitrogens is 3. The number of hydrogen-bond donors (Lipinski definition) is 1. The van der Waals surface area contributed by atoms with E-state index in [0.29, 0.717) is 24.7 Å². The quantitative estimate of drug-likeness (QED) is 0.797. The highest BCUT2D eigenvalue weighted by Gasteiger charge is 2.24. The van der Waals surface area contributed by atoms with Gasteiger partial charge in [0.2, 0.25) is 0 Å². The Morgan fingerprint density at radius 3 is 2.65 bits per heavy atom. The van der Waals surface area contributed by atoms with E-state index < -0.39 is 0 Å². The zero-order chi connectivity index (χ0) is 14.5. The highest BCUT2D eigenvalue weighted by molar-refractivity contribution is 5.92. The lowest BCUT2D eigenvalue weighted by atomic mass is 10.2. The Balaban J connectivity index is 1.87. The molecule has 1 fully saturated rings. The minimum absolute atomic E-state index is 0.0301. The van der Waals surface area contributed by atoms with E-state index in [1.54, 1.807) is 10.9 Å². The molecule has 0 spiro atoms. The van der Waals surface area contributed by atoms with E-state index in [1.807, 2.05) is 4.90 Å². The van der Waals surface area contributed by atoms with E-state index in [2.05, 4.69) is 29.1 Å². The summed E-state index contributed by atoms with van der Waals surface area (Å²) in [4.78, 5) is 16.6. The first kappa shape index (κ1) is 14.9. The molecule has 2 rings (SSSR count). The molecule has 112 valence electrons. The molecule has 20 heavy (non-hydrogen) atoms. The standard InChI is InChI=1S/C13H24N6O/c1-11(2)9-17-5-7-18(8-6-17)13(20)12-10-19(4-3-14)16-15-12/h10-11H,3-9,14H2,1-2H3. The first-order chi connectivity index (χ1) is 9.60. The molecule has 7 heteroatoms. The number of rotatable bonds is 5. The fourth-order valence-corrected chi connectivity index (χ4v) is 2.45. The van der Waals surface area contributed by atoms with Crippen molar-refractivity contribution in [3.05, 3.63) is 11.9 Å². The van der Waals surface area contributed by atoms with Crippen LogP contribution in [0.15, 0.2) is 6.20 Å². The largest absolute Gasteiger partial charge is 0.335 e. The van der Waals surface area contributed by atoms with Gasteiger partial charge in [0.25, 0.3) is 5.91 Å². The minimum atomic E-state index is -0.0301. The lowest BCUT2D eigenvalue weighted by Crippen LogP contribution is -2.49. The van der Waals surface area contributed by atoms with Gasteiger partial charge in [-0.1, -0.05) is 19.1 Å². The van der Waals surface area contributed by atoms with Crippen molar-refractivity contribution in [3.63, 3.8) is 0 Å². The zero-order valence-electron chi connectivity index (χ0n) is 12.3. The number of hydrogen-bond acceptors (Lipinski definition) is 5. The molecule has 1 aliphatic heterocycles. The van der Waals surface area contributed by atoms with Gasteiger partial charge in [-0.3, -0.25) is 14.4 Å². The molecule has 1 amide bonds. The number of amides is 1. The summed E-state index contributed by atoms with van der Waals surface area (Å²) in [5, 5.41) is 7.83. The van der Waals surface area contributed by atoms with Gasteiger partial charge < -0.3 is 10.6 Å². The highest BCUT2D eigenvalue weighted by Crippen LogP contribution is 2.08. The smallest absolute Gasteiger partial charge is 0.276 e. The van der Waals surface area contributed by atoms with Gasteiger partial charge >= 0.3 is 0 Å². The topological polar surface area (TPSA) is 80.3 Å². The van der Waals surface area contributed by atoms with Gasteiger partial charge in [-0.25, -0.2) is 0 Å². The van der Waals surface area contributed by atoms with Crippen LogP contribution in [0.1, 0.15) is 24.3 Å². The zero-order valence-corrected chi connectivity index (χ0v) is 12.3. The summed E-state index contributed by atoms with van der Waals surface area (Å²) in [7, 11) is 0. The van der Waals surface area contributed by atoms with Gasteiger partial charge in [-0.05, 0) is 5.92 Å². The van der Waals surface area contributed by atoms with Gasteiger partial charge in [0.15, 0.2) is 5.69 Å². The van der Waals surface area contributed by atoms with Gasteiger partial charge in [0, 0.05) is 39.3 Å². The van der Waals surface area contributed by atoms with Crippen LogP contribution in [0.4, 0.5) is 0 Å². The third-order valence-corrected chi connectivity index (χ3v) is 3.40. The summed E-state index contributed by atoms with van der Waals surface area (Å²) >= 11 is 0. The van der Waals surface area contributed by atoms with Gasteiger partial charge in [-0.15, -0.1) is 5.10 Å². The van der Waals surface area contributed by atoms with E-state index in [1.165, 1.54) is 0 Å². The van der Waals surface area contributed by atoms with Crippen LogP contribution in [0.2, 0.25) is 0 Å². The molecular weight excluding hydrogens is 256 g/mol. The van der Waals surface area contributed by atoms with Gasteiger partial charge in [-0.2, -0.15) is 0 Å². The fraction of sp³-hybridized carbons (Fsp3) is 0.769. The third kappa shape index (κ3) is 3.77. The Bertz CT molecular complexity index is 436. The van der Waals surface area contributed by atoms with E-state index in [9.17, 15) is 4.79 Å². The summed E-state index contributed by atoms with van der Waals surface area (Å²) < 4.78 is 1.61. The molecule has 0 unspecified atom stereocenters. The Kier molecular flexibility index (Phi) is 5.08. The predicted molar refractivity (Wildman–Crippen MR) is 76.3 cm³/mol. The second kappa shape index (κ2) is 6.81. The van der Waals surface area contributed by atoms with Gasteiger partial charge in [0.05, 0.1) is 12.7 Å². The monoisotopic (exact) mass is 280 g/mol. The molecule has 0 aliphatic carbocycles. The summed E-state index contributed by atoms with van der Waals surface area (Å²) in [6, 6.07) is 0. The van der Waals surface area contributed by atoms with E-state index >= 15 is 0 Å². The van der Waals surface area contributed by atoms with Crippen LogP contribution in [0.5, 0.6) is 0 Å². The number of nitrogens with two attached hydrogens (primary N) is 1. The Morgan fingerprint density at radius 2 is 2.05 bits per heavy atom. The van der Waals surface area contributed by atoms with Crippen molar-refractivity contribution < 1.29 is 4.79 Å². The van der Waals surface area contributed by atoms with Crippen molar-refractivity contribution in [2.24, 2.45) is 11.7 Å². The first-order valence-electron chi connectivity index (χ1n) is 7.22. The van der Waals surface area contributed by atoms with Crippen molar-refractivity contribution in [2.75, 3.05) is 39.3 Å². The molecule has 0 radical (unpaired) electrons. The average molecular weight is 280 g/mol. The van der Waals surface area contributed by atoms with Crippen molar-refractivity contribution >= 4 is 5.91 Å². The number of carbonyl (C=O) groups is 1. The average Bonchev–Trinajstić information content (AvgIpc) is 2.87. The van der Waals surface area contributed by atoms with Crippen LogP contribution in [-0.2, 0) is 6.54 Å². The molecule has 1 aromatic rings. The third-order valence-electron chi connectivity index (χ3n) is 3.40. The summed E-state index contributed by atoms with van der Waals surface area (Å²) in [5.74, 6) is 0.630. The molecule has 2 N–H and O–H groups in total. The van der Waals surface area contributed by atoms with Crippen LogP contribution in [-0.4, -0.2) is 70.0 Å². The molecule has 0 bridgehead atoms. The molecule has 1 saturated heterocycles. The Labute approximate surface area is 119 Å². The molecule has 1 aliphatic rings. The summed E-state index contributed by atoms with van der Waals surface area (Å²) in [5.41, 5.74) is 5.87. The first-order valence-corrected chi connectivity index (χ1v) is 7.22. The van der Waals surface area contributed by atoms with Crippen LogP contribution in [0.3, 0.4) is 0 Å². The van der Waals surface area contributed by atoms with E-state index in [-0.39, 0.29) is 5.91 Å². The number of nitrogens with zero attached hydrogens (tertiary/aromatic N) is 5. The molecule has 0 aromatic carbocycles. The summed E-state index contributed by atoms with van der Waals surface area (Å²) in [6.07, 6.45) is 1.68. The Hall–Kier alpha value is -1.47. The maximum Gasteiger partial charge on any atom is 0.276 e. The predicted octanol–water partition coefficient (Wildman–Crippen LogP) is -0.349. The lowest BCUT2D eigenvalue weighted by molar-refractivity contribution is 0.0618. The molecule has 0 saturated carbocycles. The molecule has 0 atom stereocenters. The second-order valence-electron chi connectivity index (χ2n) is 5.64. The SMILES string of the molecule is CC(C)CN1CCN(C(=O)c2cn(CCN)nn2)CC1. The Morgan fingerprint density at radius 1 is 1.35 bits per heavy atom. The van der Waals surface area contributed by atoms with Crippen LogP contribution < -0.4 is 5.73 Å². The maximum atomic E-state index is 12.3. The van der Waals surface area contributed by atoms with E-state index in [0.717, 1.165) is 32.7 Å². The molecule has 7 nitrogen and oxygen atoms in total. The maximum absolute atomic E-state index is 12.3. The van der Waals surface area contributed by atoms with Crippen molar-refractivity contribution in [1.29, 1.82) is 0 Å². The normalized spacial score (nSPS) is 16.9. The lowest BCUT2D eigenvalue weighted by Gasteiger charge is -2.35.